The van der Waals surface area contributed by atoms with E-state index in [4.69, 9.17) is 21.1 Å². The van der Waals surface area contributed by atoms with E-state index < -0.39 is 0 Å². The zero-order valence-electron chi connectivity index (χ0n) is 20.0. The fraction of sp³-hybridized carbons (Fsp3) is 0.269. The van der Waals surface area contributed by atoms with E-state index >= 15 is 0 Å². The number of methoxy groups -OCH3 is 2. The number of carbonyl (C=O) groups is 2. The summed E-state index contributed by atoms with van der Waals surface area (Å²) in [4.78, 5) is 27.7. The number of aromatic nitrogens is 1. The van der Waals surface area contributed by atoms with Gasteiger partial charge in [0.15, 0.2) is 0 Å². The summed E-state index contributed by atoms with van der Waals surface area (Å²) >= 11 is 5.85. The highest BCUT2D eigenvalue weighted by atomic mass is 35.5. The second kappa shape index (κ2) is 13.2. The molecule has 0 saturated carbocycles. The Kier molecular flexibility index (Phi) is 10.4. The standard InChI is InChI=1S/C13H11ClN2O.C13H19NO3/c1-9-8-10(14)5-6-11(9)16-13(17)12-4-2-3-7-15-12;1-9(2)8-14-13(15)10-5-11(16-3)7-12(6-10)17-4/h2-8H,1H3,(H,16,17);5-7,9H,8H2,1-4H3,(H,14,15). The molecule has 2 N–H and O–H groups in total. The summed E-state index contributed by atoms with van der Waals surface area (Å²) in [7, 11) is 3.12. The van der Waals surface area contributed by atoms with Crippen LogP contribution >= 0.6 is 11.6 Å². The number of amides is 2. The van der Waals surface area contributed by atoms with Crippen molar-refractivity contribution in [3.8, 4) is 11.5 Å². The fourth-order valence-electron chi connectivity index (χ4n) is 2.79. The molecular formula is C26H30ClN3O4. The zero-order valence-corrected chi connectivity index (χ0v) is 20.8. The Labute approximate surface area is 205 Å². The Morgan fingerprint density at radius 1 is 0.971 bits per heavy atom. The van der Waals surface area contributed by atoms with E-state index in [0.29, 0.717) is 40.2 Å². The van der Waals surface area contributed by atoms with Crippen molar-refractivity contribution in [1.29, 1.82) is 0 Å². The van der Waals surface area contributed by atoms with E-state index in [1.165, 1.54) is 0 Å². The number of aryl methyl sites for hydroxylation is 1. The quantitative estimate of drug-likeness (QED) is 0.470. The first-order valence-electron chi connectivity index (χ1n) is 10.7. The lowest BCUT2D eigenvalue weighted by atomic mass is 10.1. The van der Waals surface area contributed by atoms with Crippen molar-refractivity contribution in [2.24, 2.45) is 5.92 Å². The Hall–Kier alpha value is -3.58. The maximum Gasteiger partial charge on any atom is 0.274 e. The molecule has 8 heteroatoms. The highest BCUT2D eigenvalue weighted by molar-refractivity contribution is 6.30. The van der Waals surface area contributed by atoms with Gasteiger partial charge < -0.3 is 20.1 Å². The van der Waals surface area contributed by atoms with Crippen LogP contribution in [0.5, 0.6) is 11.5 Å². The summed E-state index contributed by atoms with van der Waals surface area (Å²) in [6.45, 7) is 6.64. The average molecular weight is 484 g/mol. The zero-order chi connectivity index (χ0) is 25.1. The van der Waals surface area contributed by atoms with E-state index in [0.717, 1.165) is 11.3 Å². The number of ether oxygens (including phenoxy) is 2. The number of anilines is 1. The summed E-state index contributed by atoms with van der Waals surface area (Å²) < 4.78 is 10.2. The molecule has 0 atom stereocenters. The largest absolute Gasteiger partial charge is 0.497 e. The number of halogens is 1. The van der Waals surface area contributed by atoms with Crippen LogP contribution in [-0.4, -0.2) is 37.6 Å². The molecule has 0 unspecified atom stereocenters. The van der Waals surface area contributed by atoms with Gasteiger partial charge in [-0.1, -0.05) is 31.5 Å². The van der Waals surface area contributed by atoms with Gasteiger partial charge in [0.2, 0.25) is 0 Å². The number of pyridine rings is 1. The Bertz CT molecular complexity index is 1080. The van der Waals surface area contributed by atoms with Gasteiger partial charge in [0.25, 0.3) is 11.8 Å². The molecule has 3 aromatic rings. The maximum atomic E-state index is 11.9. The molecule has 3 rings (SSSR count). The van der Waals surface area contributed by atoms with Crippen molar-refractivity contribution in [1.82, 2.24) is 10.3 Å². The summed E-state index contributed by atoms with van der Waals surface area (Å²) in [5.74, 6) is 1.30. The second-order valence-electron chi connectivity index (χ2n) is 7.83. The molecule has 0 saturated heterocycles. The molecule has 0 aliphatic carbocycles. The number of carbonyl (C=O) groups excluding carboxylic acids is 2. The van der Waals surface area contributed by atoms with Gasteiger partial charge in [-0.3, -0.25) is 14.6 Å². The van der Waals surface area contributed by atoms with Crippen molar-refractivity contribution in [2.45, 2.75) is 20.8 Å². The molecule has 1 heterocycles. The van der Waals surface area contributed by atoms with Gasteiger partial charge in [-0.15, -0.1) is 0 Å². The molecule has 1 aromatic heterocycles. The average Bonchev–Trinajstić information content (AvgIpc) is 2.84. The molecule has 0 bridgehead atoms. The topological polar surface area (TPSA) is 89.5 Å². The van der Waals surface area contributed by atoms with E-state index in [2.05, 4.69) is 15.6 Å². The van der Waals surface area contributed by atoms with Crippen molar-refractivity contribution in [3.05, 3.63) is 82.6 Å². The number of benzene rings is 2. The van der Waals surface area contributed by atoms with E-state index in [9.17, 15) is 9.59 Å². The lowest BCUT2D eigenvalue weighted by Crippen LogP contribution is -2.27. The highest BCUT2D eigenvalue weighted by Gasteiger charge is 2.10. The second-order valence-corrected chi connectivity index (χ2v) is 8.27. The summed E-state index contributed by atoms with van der Waals surface area (Å²) in [6, 6.07) is 15.6. The van der Waals surface area contributed by atoms with Gasteiger partial charge >= 0.3 is 0 Å². The molecule has 2 aromatic carbocycles. The van der Waals surface area contributed by atoms with Crippen LogP contribution in [0.1, 0.15) is 40.3 Å². The molecule has 0 fully saturated rings. The molecule has 0 aliphatic rings. The third-order valence-corrected chi connectivity index (χ3v) is 4.85. The van der Waals surface area contributed by atoms with Crippen molar-refractivity contribution >= 4 is 29.1 Å². The van der Waals surface area contributed by atoms with Crippen LogP contribution in [0.15, 0.2) is 60.8 Å². The SMILES string of the molecule is COc1cc(OC)cc(C(=O)NCC(C)C)c1.Cc1cc(Cl)ccc1NC(=O)c1ccccn1. The van der Waals surface area contributed by atoms with E-state index in [1.807, 2.05) is 20.8 Å². The van der Waals surface area contributed by atoms with Crippen LogP contribution < -0.4 is 20.1 Å². The Morgan fingerprint density at radius 3 is 2.18 bits per heavy atom. The first kappa shape index (κ1) is 26.7. The first-order valence-corrected chi connectivity index (χ1v) is 11.1. The van der Waals surface area contributed by atoms with Crippen LogP contribution in [-0.2, 0) is 0 Å². The predicted octanol–water partition coefficient (Wildman–Crippen LogP) is 5.39. The van der Waals surface area contributed by atoms with Crippen molar-refractivity contribution in [3.63, 3.8) is 0 Å². The third kappa shape index (κ3) is 8.41. The highest BCUT2D eigenvalue weighted by Crippen LogP contribution is 2.22. The number of nitrogens with zero attached hydrogens (tertiary/aromatic N) is 1. The number of hydrogen-bond acceptors (Lipinski definition) is 5. The Morgan fingerprint density at radius 2 is 1.65 bits per heavy atom. The van der Waals surface area contributed by atoms with Gasteiger partial charge in [0.1, 0.15) is 17.2 Å². The minimum absolute atomic E-state index is 0.115. The van der Waals surface area contributed by atoms with Crippen molar-refractivity contribution < 1.29 is 19.1 Å². The summed E-state index contributed by atoms with van der Waals surface area (Å²) in [5, 5.41) is 6.30. The summed E-state index contributed by atoms with van der Waals surface area (Å²) in [5.41, 5.74) is 2.59. The smallest absolute Gasteiger partial charge is 0.274 e. The van der Waals surface area contributed by atoms with Gasteiger partial charge in [-0.05, 0) is 60.9 Å². The predicted molar refractivity (Wildman–Crippen MR) is 135 cm³/mol. The molecular weight excluding hydrogens is 454 g/mol. The molecule has 0 aliphatic heterocycles. The first-order chi connectivity index (χ1) is 16.2. The molecule has 7 nitrogen and oxygen atoms in total. The van der Waals surface area contributed by atoms with Crippen LogP contribution in [0.2, 0.25) is 5.02 Å². The normalized spacial score (nSPS) is 10.1. The fourth-order valence-corrected chi connectivity index (χ4v) is 3.01. The molecule has 0 spiro atoms. The van der Waals surface area contributed by atoms with Gasteiger partial charge in [0.05, 0.1) is 14.2 Å². The van der Waals surface area contributed by atoms with Crippen LogP contribution in [0.4, 0.5) is 5.69 Å². The number of hydrogen-bond donors (Lipinski definition) is 2. The van der Waals surface area contributed by atoms with Crippen LogP contribution in [0, 0.1) is 12.8 Å². The minimum Gasteiger partial charge on any atom is -0.497 e. The maximum absolute atomic E-state index is 11.9. The molecule has 2 amide bonds. The van der Waals surface area contributed by atoms with Crippen LogP contribution in [0.3, 0.4) is 0 Å². The number of rotatable bonds is 7. The lowest BCUT2D eigenvalue weighted by Gasteiger charge is -2.10. The molecule has 34 heavy (non-hydrogen) atoms. The van der Waals surface area contributed by atoms with E-state index in [-0.39, 0.29) is 11.8 Å². The monoisotopic (exact) mass is 483 g/mol. The molecule has 180 valence electrons. The summed E-state index contributed by atoms with van der Waals surface area (Å²) in [6.07, 6.45) is 1.59. The van der Waals surface area contributed by atoms with Gasteiger partial charge in [0, 0.05) is 35.1 Å². The number of nitrogens with one attached hydrogen (secondary N) is 2. The Balaban J connectivity index is 0.000000240. The third-order valence-electron chi connectivity index (χ3n) is 4.62. The van der Waals surface area contributed by atoms with E-state index in [1.54, 1.807) is 75.0 Å². The van der Waals surface area contributed by atoms with Gasteiger partial charge in [-0.25, -0.2) is 0 Å². The lowest BCUT2D eigenvalue weighted by molar-refractivity contribution is 0.0947. The minimum atomic E-state index is -0.226. The van der Waals surface area contributed by atoms with Crippen molar-refractivity contribution in [2.75, 3.05) is 26.1 Å². The van der Waals surface area contributed by atoms with Crippen LogP contribution in [0.25, 0.3) is 0 Å². The van der Waals surface area contributed by atoms with Gasteiger partial charge in [-0.2, -0.15) is 0 Å². The molecule has 0 radical (unpaired) electrons.